The molecule has 2 saturated carbocycles. The van der Waals surface area contributed by atoms with E-state index in [-0.39, 0.29) is 5.91 Å². The molecule has 0 radical (unpaired) electrons. The van der Waals surface area contributed by atoms with E-state index in [1.807, 2.05) is 19.0 Å². The second-order valence-electron chi connectivity index (χ2n) is 4.59. The van der Waals surface area contributed by atoms with Crippen LogP contribution < -0.4 is 5.32 Å². The number of hydrogen-bond acceptors (Lipinski definition) is 2. The van der Waals surface area contributed by atoms with Crippen LogP contribution in [0.5, 0.6) is 0 Å². The zero-order valence-electron chi connectivity index (χ0n) is 8.42. The summed E-state index contributed by atoms with van der Waals surface area (Å²) >= 11 is 0. The van der Waals surface area contributed by atoms with Gasteiger partial charge in [-0.2, -0.15) is 0 Å². The quantitative estimate of drug-likeness (QED) is 0.688. The van der Waals surface area contributed by atoms with Crippen molar-refractivity contribution in [3.63, 3.8) is 0 Å². The van der Waals surface area contributed by atoms with Crippen molar-refractivity contribution in [2.45, 2.75) is 25.3 Å². The first-order chi connectivity index (χ1) is 6.18. The smallest absolute Gasteiger partial charge is 0.234 e. The lowest BCUT2D eigenvalue weighted by Crippen LogP contribution is -2.36. The van der Waals surface area contributed by atoms with E-state index in [4.69, 9.17) is 0 Å². The molecule has 0 heterocycles. The topological polar surface area (TPSA) is 32.3 Å². The predicted octanol–water partition coefficient (Wildman–Crippen LogP) is 0.463. The average Bonchev–Trinajstić information content (AvgIpc) is 2.51. The SMILES string of the molecule is CN(C)CC(=O)NC1[C@H]2CCC[C@@H]12. The second-order valence-corrected chi connectivity index (χ2v) is 4.59. The number of amides is 1. The van der Waals surface area contributed by atoms with Gasteiger partial charge in [0.15, 0.2) is 0 Å². The Morgan fingerprint density at radius 3 is 2.54 bits per heavy atom. The van der Waals surface area contributed by atoms with Crippen LogP contribution in [-0.4, -0.2) is 37.5 Å². The summed E-state index contributed by atoms with van der Waals surface area (Å²) < 4.78 is 0. The number of rotatable bonds is 3. The first-order valence-corrected chi connectivity index (χ1v) is 5.12. The number of fused-ring (bicyclic) bond motifs is 1. The highest BCUT2D eigenvalue weighted by Gasteiger charge is 2.53. The zero-order chi connectivity index (χ0) is 9.42. The van der Waals surface area contributed by atoms with Crippen molar-refractivity contribution in [1.29, 1.82) is 0 Å². The van der Waals surface area contributed by atoms with Gasteiger partial charge in [-0.25, -0.2) is 0 Å². The number of likely N-dealkylation sites (N-methyl/N-ethyl adjacent to an activating group) is 1. The van der Waals surface area contributed by atoms with Gasteiger partial charge in [-0.1, -0.05) is 6.42 Å². The van der Waals surface area contributed by atoms with E-state index >= 15 is 0 Å². The zero-order valence-corrected chi connectivity index (χ0v) is 8.42. The average molecular weight is 182 g/mol. The molecule has 1 amide bonds. The van der Waals surface area contributed by atoms with Crippen LogP contribution in [0.2, 0.25) is 0 Å². The maximum absolute atomic E-state index is 11.4. The molecular formula is C10H18N2O. The van der Waals surface area contributed by atoms with E-state index in [0.717, 1.165) is 11.8 Å². The van der Waals surface area contributed by atoms with Gasteiger partial charge in [-0.3, -0.25) is 4.79 Å². The summed E-state index contributed by atoms with van der Waals surface area (Å²) in [5, 5.41) is 3.11. The number of hydrogen-bond donors (Lipinski definition) is 1. The first kappa shape index (κ1) is 9.00. The van der Waals surface area contributed by atoms with E-state index in [1.165, 1.54) is 19.3 Å². The molecule has 0 aromatic rings. The van der Waals surface area contributed by atoms with Crippen molar-refractivity contribution in [2.75, 3.05) is 20.6 Å². The van der Waals surface area contributed by atoms with Crippen LogP contribution in [0.4, 0.5) is 0 Å². The number of nitrogens with one attached hydrogen (secondary N) is 1. The Balaban J connectivity index is 1.71. The van der Waals surface area contributed by atoms with E-state index in [9.17, 15) is 4.79 Å². The molecule has 3 atom stereocenters. The minimum absolute atomic E-state index is 0.185. The normalized spacial score (nSPS) is 36.1. The molecule has 74 valence electrons. The van der Waals surface area contributed by atoms with Crippen molar-refractivity contribution in [3.8, 4) is 0 Å². The highest BCUT2D eigenvalue weighted by atomic mass is 16.2. The maximum Gasteiger partial charge on any atom is 0.234 e. The first-order valence-electron chi connectivity index (χ1n) is 5.12. The van der Waals surface area contributed by atoms with Crippen LogP contribution in [0.3, 0.4) is 0 Å². The molecule has 1 unspecified atom stereocenters. The Hall–Kier alpha value is -0.570. The summed E-state index contributed by atoms with van der Waals surface area (Å²) in [6.07, 6.45) is 4.03. The number of carbonyl (C=O) groups excluding carboxylic acids is 1. The molecule has 0 spiro atoms. The van der Waals surface area contributed by atoms with Gasteiger partial charge in [-0.05, 0) is 38.8 Å². The Morgan fingerprint density at radius 2 is 2.00 bits per heavy atom. The van der Waals surface area contributed by atoms with Gasteiger partial charge in [0.2, 0.25) is 5.91 Å². The van der Waals surface area contributed by atoms with Crippen molar-refractivity contribution >= 4 is 5.91 Å². The standard InChI is InChI=1S/C10H18N2O/c1-12(2)6-9(13)11-10-7-4-3-5-8(7)10/h7-8,10H,3-6H2,1-2H3,(H,11,13)/t7-,8+,10?. The van der Waals surface area contributed by atoms with Crippen LogP contribution >= 0.6 is 0 Å². The minimum Gasteiger partial charge on any atom is -0.352 e. The molecule has 2 rings (SSSR count). The molecule has 2 aliphatic carbocycles. The van der Waals surface area contributed by atoms with Crippen molar-refractivity contribution in [2.24, 2.45) is 11.8 Å². The molecule has 3 nitrogen and oxygen atoms in total. The van der Waals surface area contributed by atoms with Crippen LogP contribution in [0, 0.1) is 11.8 Å². The van der Waals surface area contributed by atoms with Crippen LogP contribution in [0.25, 0.3) is 0 Å². The summed E-state index contributed by atoms with van der Waals surface area (Å²) in [6, 6.07) is 0.529. The van der Waals surface area contributed by atoms with Gasteiger partial charge in [0.1, 0.15) is 0 Å². The van der Waals surface area contributed by atoms with E-state index in [0.29, 0.717) is 12.6 Å². The van der Waals surface area contributed by atoms with Gasteiger partial charge in [0, 0.05) is 6.04 Å². The fourth-order valence-corrected chi connectivity index (χ4v) is 2.55. The molecule has 0 aliphatic heterocycles. The lowest BCUT2D eigenvalue weighted by molar-refractivity contribution is -0.122. The van der Waals surface area contributed by atoms with E-state index < -0.39 is 0 Å². The fourth-order valence-electron chi connectivity index (χ4n) is 2.55. The van der Waals surface area contributed by atoms with Gasteiger partial charge in [-0.15, -0.1) is 0 Å². The molecule has 2 aliphatic rings. The Labute approximate surface area is 79.5 Å². The summed E-state index contributed by atoms with van der Waals surface area (Å²) in [6.45, 7) is 0.524. The van der Waals surface area contributed by atoms with Crippen LogP contribution in [0.15, 0.2) is 0 Å². The van der Waals surface area contributed by atoms with Gasteiger partial charge < -0.3 is 10.2 Å². The van der Waals surface area contributed by atoms with Gasteiger partial charge in [0.25, 0.3) is 0 Å². The summed E-state index contributed by atoms with van der Waals surface area (Å²) in [4.78, 5) is 13.3. The number of nitrogens with zero attached hydrogens (tertiary/aromatic N) is 1. The highest BCUT2D eigenvalue weighted by Crippen LogP contribution is 2.51. The molecule has 2 fully saturated rings. The molecule has 0 bridgehead atoms. The number of carbonyl (C=O) groups is 1. The predicted molar refractivity (Wildman–Crippen MR) is 51.3 cm³/mol. The molecule has 3 heteroatoms. The van der Waals surface area contributed by atoms with E-state index in [1.54, 1.807) is 0 Å². The lowest BCUT2D eigenvalue weighted by atomic mass is 10.2. The monoisotopic (exact) mass is 182 g/mol. The molecule has 1 N–H and O–H groups in total. The van der Waals surface area contributed by atoms with Crippen molar-refractivity contribution in [1.82, 2.24) is 10.2 Å². The second kappa shape index (κ2) is 3.29. The molecule has 13 heavy (non-hydrogen) atoms. The van der Waals surface area contributed by atoms with Crippen LogP contribution in [0.1, 0.15) is 19.3 Å². The van der Waals surface area contributed by atoms with Gasteiger partial charge in [0.05, 0.1) is 6.54 Å². The summed E-state index contributed by atoms with van der Waals surface area (Å²) in [7, 11) is 3.85. The third kappa shape index (κ3) is 1.85. The summed E-state index contributed by atoms with van der Waals surface area (Å²) in [5.41, 5.74) is 0. The van der Waals surface area contributed by atoms with Crippen LogP contribution in [-0.2, 0) is 4.79 Å². The minimum atomic E-state index is 0.185. The molecule has 0 saturated heterocycles. The Morgan fingerprint density at radius 1 is 1.38 bits per heavy atom. The third-order valence-corrected chi connectivity index (χ3v) is 3.19. The Kier molecular flexibility index (Phi) is 2.28. The van der Waals surface area contributed by atoms with Crippen molar-refractivity contribution in [3.05, 3.63) is 0 Å². The largest absolute Gasteiger partial charge is 0.352 e. The Bertz CT molecular complexity index is 205. The van der Waals surface area contributed by atoms with Gasteiger partial charge >= 0.3 is 0 Å². The lowest BCUT2D eigenvalue weighted by Gasteiger charge is -2.10. The maximum atomic E-state index is 11.4. The molecule has 0 aromatic heterocycles. The highest BCUT2D eigenvalue weighted by molar-refractivity contribution is 5.78. The molecular weight excluding hydrogens is 164 g/mol. The van der Waals surface area contributed by atoms with Crippen molar-refractivity contribution < 1.29 is 4.79 Å². The fraction of sp³-hybridized carbons (Fsp3) is 0.900. The summed E-state index contributed by atoms with van der Waals surface area (Å²) in [5.74, 6) is 1.83. The molecule has 0 aromatic carbocycles. The third-order valence-electron chi connectivity index (χ3n) is 3.19. The van der Waals surface area contributed by atoms with E-state index in [2.05, 4.69) is 5.32 Å².